The molecule has 25 heavy (non-hydrogen) atoms. The molecule has 0 N–H and O–H groups in total. The van der Waals surface area contributed by atoms with Crippen LogP contribution in [0.25, 0.3) is 0 Å². The van der Waals surface area contributed by atoms with Crippen molar-refractivity contribution in [1.29, 1.82) is 0 Å². The van der Waals surface area contributed by atoms with E-state index in [0.29, 0.717) is 23.1 Å². The van der Waals surface area contributed by atoms with Crippen molar-refractivity contribution in [3.05, 3.63) is 71.3 Å². The molecule has 0 aromatic heterocycles. The van der Waals surface area contributed by atoms with Crippen LogP contribution in [0.2, 0.25) is 5.02 Å². The third-order valence-corrected chi connectivity index (χ3v) is 3.61. The summed E-state index contributed by atoms with van der Waals surface area (Å²) in [5, 5.41) is 0.679. The van der Waals surface area contributed by atoms with Gasteiger partial charge < -0.3 is 14.2 Å². The number of methoxy groups -OCH3 is 2. The molecule has 0 aliphatic heterocycles. The fourth-order valence-corrected chi connectivity index (χ4v) is 2.16. The molecule has 0 aliphatic carbocycles. The molecule has 0 saturated heterocycles. The molecule has 0 spiro atoms. The van der Waals surface area contributed by atoms with Crippen molar-refractivity contribution >= 4 is 11.6 Å². The van der Waals surface area contributed by atoms with E-state index < -0.39 is 6.29 Å². The van der Waals surface area contributed by atoms with Crippen LogP contribution >= 0.6 is 11.6 Å². The maximum atomic E-state index is 5.85. The number of halogens is 1. The van der Waals surface area contributed by atoms with Gasteiger partial charge in [0.15, 0.2) is 11.5 Å². The summed E-state index contributed by atoms with van der Waals surface area (Å²) in [5.41, 5.74) is 1.85. The SMILES string of the molecule is C=CC(OCc1ccc(Cl)cc1)OOCc1ccc(OC)c(OC)c1. The van der Waals surface area contributed by atoms with E-state index in [2.05, 4.69) is 6.58 Å². The van der Waals surface area contributed by atoms with Crippen molar-refractivity contribution in [1.82, 2.24) is 0 Å². The Balaban J connectivity index is 1.80. The quantitative estimate of drug-likeness (QED) is 0.268. The van der Waals surface area contributed by atoms with Gasteiger partial charge in [0.25, 0.3) is 0 Å². The lowest BCUT2D eigenvalue weighted by Crippen LogP contribution is -2.14. The highest BCUT2D eigenvalue weighted by atomic mass is 35.5. The second kappa shape index (κ2) is 10.1. The van der Waals surface area contributed by atoms with Gasteiger partial charge >= 0.3 is 0 Å². The molecule has 1 unspecified atom stereocenters. The predicted molar refractivity (Wildman–Crippen MR) is 95.6 cm³/mol. The lowest BCUT2D eigenvalue weighted by Gasteiger charge is -2.14. The Morgan fingerprint density at radius 2 is 1.64 bits per heavy atom. The molecular weight excluding hydrogens is 344 g/mol. The summed E-state index contributed by atoms with van der Waals surface area (Å²) >= 11 is 5.85. The number of hydrogen-bond donors (Lipinski definition) is 0. The monoisotopic (exact) mass is 364 g/mol. The van der Waals surface area contributed by atoms with E-state index in [1.165, 1.54) is 6.08 Å². The standard InChI is InChI=1S/C19H21ClO5/c1-4-19(23-12-14-5-8-16(20)9-6-14)25-24-13-15-7-10-17(21-2)18(11-15)22-3/h4-11,19H,1,12-13H2,2-3H3. The first kappa shape index (κ1) is 19.3. The van der Waals surface area contributed by atoms with Gasteiger partial charge in [0, 0.05) is 5.02 Å². The van der Waals surface area contributed by atoms with E-state index in [9.17, 15) is 0 Å². The smallest absolute Gasteiger partial charge is 0.210 e. The van der Waals surface area contributed by atoms with Gasteiger partial charge in [0.1, 0.15) is 6.61 Å². The summed E-state index contributed by atoms with van der Waals surface area (Å²) < 4.78 is 16.0. The van der Waals surface area contributed by atoms with Gasteiger partial charge in [-0.05, 0) is 41.5 Å². The highest BCUT2D eigenvalue weighted by Gasteiger charge is 2.08. The third kappa shape index (κ3) is 6.07. The highest BCUT2D eigenvalue weighted by Crippen LogP contribution is 2.27. The van der Waals surface area contributed by atoms with Crippen LogP contribution in [-0.4, -0.2) is 20.5 Å². The minimum absolute atomic E-state index is 0.231. The summed E-state index contributed by atoms with van der Waals surface area (Å²) in [6.45, 7) is 4.26. The Hall–Kier alpha value is -2.05. The predicted octanol–water partition coefficient (Wildman–Crippen LogP) is 4.53. The zero-order valence-corrected chi connectivity index (χ0v) is 15.0. The summed E-state index contributed by atoms with van der Waals surface area (Å²) in [6, 6.07) is 12.9. The third-order valence-electron chi connectivity index (χ3n) is 3.36. The first-order valence-corrected chi connectivity index (χ1v) is 8.02. The number of benzene rings is 2. The molecule has 6 heteroatoms. The second-order valence-corrected chi connectivity index (χ2v) is 5.53. The van der Waals surface area contributed by atoms with Gasteiger partial charge in [0.2, 0.25) is 6.29 Å². The molecule has 2 aromatic carbocycles. The largest absolute Gasteiger partial charge is 0.493 e. The van der Waals surface area contributed by atoms with Crippen molar-refractivity contribution in [3.8, 4) is 11.5 Å². The summed E-state index contributed by atoms with van der Waals surface area (Å²) in [5.74, 6) is 1.28. The molecule has 1 atom stereocenters. The molecule has 5 nitrogen and oxygen atoms in total. The van der Waals surface area contributed by atoms with Crippen molar-refractivity contribution in [2.45, 2.75) is 19.5 Å². The molecule has 0 aliphatic rings. The lowest BCUT2D eigenvalue weighted by atomic mass is 10.2. The maximum Gasteiger partial charge on any atom is 0.210 e. The molecule has 2 aromatic rings. The van der Waals surface area contributed by atoms with Crippen LogP contribution in [0.5, 0.6) is 11.5 Å². The second-order valence-electron chi connectivity index (χ2n) is 5.09. The Morgan fingerprint density at radius 1 is 0.960 bits per heavy atom. The van der Waals surface area contributed by atoms with Crippen molar-refractivity contribution in [3.63, 3.8) is 0 Å². The molecule has 0 amide bonds. The normalized spacial score (nSPS) is 11.8. The van der Waals surface area contributed by atoms with Crippen LogP contribution in [0.4, 0.5) is 0 Å². The molecular formula is C19H21ClO5. The number of hydrogen-bond acceptors (Lipinski definition) is 5. The fourth-order valence-electron chi connectivity index (χ4n) is 2.03. The lowest BCUT2D eigenvalue weighted by molar-refractivity contribution is -0.373. The molecule has 134 valence electrons. The van der Waals surface area contributed by atoms with E-state index in [1.54, 1.807) is 32.4 Å². The van der Waals surface area contributed by atoms with Crippen molar-refractivity contribution < 1.29 is 24.0 Å². The van der Waals surface area contributed by atoms with Gasteiger partial charge in [-0.1, -0.05) is 36.4 Å². The Kier molecular flexibility index (Phi) is 7.76. The highest BCUT2D eigenvalue weighted by molar-refractivity contribution is 6.30. The minimum Gasteiger partial charge on any atom is -0.493 e. The summed E-state index contributed by atoms with van der Waals surface area (Å²) in [7, 11) is 3.17. The zero-order valence-electron chi connectivity index (χ0n) is 14.2. The van der Waals surface area contributed by atoms with Gasteiger partial charge in [-0.15, -0.1) is 0 Å². The van der Waals surface area contributed by atoms with E-state index >= 15 is 0 Å². The van der Waals surface area contributed by atoms with Gasteiger partial charge in [0.05, 0.1) is 20.8 Å². The van der Waals surface area contributed by atoms with E-state index in [4.69, 9.17) is 35.6 Å². The first-order chi connectivity index (χ1) is 12.2. The zero-order chi connectivity index (χ0) is 18.1. The van der Waals surface area contributed by atoms with E-state index in [-0.39, 0.29) is 6.61 Å². The van der Waals surface area contributed by atoms with Crippen LogP contribution in [0.3, 0.4) is 0 Å². The first-order valence-electron chi connectivity index (χ1n) is 7.64. The summed E-state index contributed by atoms with van der Waals surface area (Å²) in [6.07, 6.45) is 0.834. The summed E-state index contributed by atoms with van der Waals surface area (Å²) in [4.78, 5) is 10.5. The fraction of sp³-hybridized carbons (Fsp3) is 0.263. The van der Waals surface area contributed by atoms with Gasteiger partial charge in [-0.3, -0.25) is 0 Å². The van der Waals surface area contributed by atoms with Gasteiger partial charge in [-0.25, -0.2) is 4.89 Å². The van der Waals surface area contributed by atoms with E-state index in [1.807, 2.05) is 24.3 Å². The maximum absolute atomic E-state index is 5.85. The molecule has 0 radical (unpaired) electrons. The average molecular weight is 365 g/mol. The van der Waals surface area contributed by atoms with Crippen LogP contribution in [-0.2, 0) is 27.7 Å². The number of ether oxygens (including phenoxy) is 3. The minimum atomic E-state index is -0.684. The Bertz CT molecular complexity index is 672. The molecule has 2 rings (SSSR count). The molecule has 0 heterocycles. The average Bonchev–Trinajstić information content (AvgIpc) is 2.65. The number of rotatable bonds is 10. The van der Waals surface area contributed by atoms with Crippen LogP contribution < -0.4 is 9.47 Å². The van der Waals surface area contributed by atoms with Crippen molar-refractivity contribution in [2.24, 2.45) is 0 Å². The topological polar surface area (TPSA) is 46.2 Å². The molecule has 0 saturated carbocycles. The Labute approximate surface area is 152 Å². The van der Waals surface area contributed by atoms with Gasteiger partial charge in [-0.2, -0.15) is 4.89 Å². The molecule has 0 bridgehead atoms. The van der Waals surface area contributed by atoms with Crippen LogP contribution in [0, 0.1) is 0 Å². The van der Waals surface area contributed by atoms with Crippen molar-refractivity contribution in [2.75, 3.05) is 14.2 Å². The van der Waals surface area contributed by atoms with Crippen LogP contribution in [0.15, 0.2) is 55.1 Å². The van der Waals surface area contributed by atoms with E-state index in [0.717, 1.165) is 11.1 Å². The molecule has 0 fully saturated rings. The Morgan fingerprint density at radius 3 is 2.28 bits per heavy atom. The van der Waals surface area contributed by atoms with Crippen LogP contribution in [0.1, 0.15) is 11.1 Å².